The molecule has 0 fully saturated rings. The van der Waals surface area contributed by atoms with Crippen molar-refractivity contribution >= 4 is 80.2 Å². The largest absolute Gasteiger partial charge is 0.189 e. The molecule has 8 rings (SSSR count). The van der Waals surface area contributed by atoms with Gasteiger partial charge in [-0.25, -0.2) is 0 Å². The molecule has 0 bridgehead atoms. The zero-order valence-corrected chi connectivity index (χ0v) is 32.9. The predicted octanol–water partition coefficient (Wildman–Crippen LogP) is 8.13. The molecule has 2 radical (unpaired) electrons. The molecule has 6 aromatic carbocycles. The van der Waals surface area contributed by atoms with E-state index in [1.807, 2.05) is 0 Å². The molecule has 2 aliphatic carbocycles. The summed E-state index contributed by atoms with van der Waals surface area (Å²) in [4.78, 5) is 0. The van der Waals surface area contributed by atoms with Gasteiger partial charge in [0.1, 0.15) is 0 Å². The molecule has 0 amide bonds. The zero-order valence-electron chi connectivity index (χ0n) is 26.7. The van der Waals surface area contributed by atoms with E-state index >= 15 is 0 Å². The van der Waals surface area contributed by atoms with Crippen LogP contribution in [0.15, 0.2) is 133 Å². The fourth-order valence-electron chi connectivity index (χ4n) is 6.37. The average molecular weight is 820 g/mol. The molecule has 0 saturated carbocycles. The molecular weight excluding hydrogens is 782 g/mol. The van der Waals surface area contributed by atoms with Gasteiger partial charge in [-0.05, 0) is 43.5 Å². The van der Waals surface area contributed by atoms with Crippen LogP contribution in [0, 0.1) is 0 Å². The second kappa shape index (κ2) is 16.2. The summed E-state index contributed by atoms with van der Waals surface area (Å²) in [5.74, 6) is 0. The van der Waals surface area contributed by atoms with Crippen LogP contribution in [0.3, 0.4) is 0 Å². The van der Waals surface area contributed by atoms with Crippen LogP contribution in [-0.4, -0.2) is 9.52 Å². The fraction of sp³-hybridized carbons (Fsp3) is 0.143. The summed E-state index contributed by atoms with van der Waals surface area (Å²) >= 11 is 0. The van der Waals surface area contributed by atoms with Crippen molar-refractivity contribution < 1.29 is 25.8 Å². The van der Waals surface area contributed by atoms with Gasteiger partial charge in [-0.3, -0.25) is 0 Å². The van der Waals surface area contributed by atoms with E-state index in [0.717, 1.165) is 9.52 Å². The zero-order chi connectivity index (χ0) is 29.9. The van der Waals surface area contributed by atoms with E-state index in [-0.39, 0.29) is 61.5 Å². The molecule has 0 spiro atoms. The number of hydrogen-bond donors (Lipinski definition) is 0. The van der Waals surface area contributed by atoms with E-state index in [4.69, 9.17) is 0 Å². The third kappa shape index (κ3) is 7.58. The van der Waals surface area contributed by atoms with Gasteiger partial charge in [-0.2, -0.15) is 34.7 Å². The molecule has 230 valence electrons. The molecule has 2 unspecified atom stereocenters. The minimum Gasteiger partial charge on any atom is -0.189 e. The SMILES string of the molecule is CC1(c2cccc3ccccc23)[C-]=c2ccccc2=C1.CC1(c2cccc3ccccc23)[C-]=c2ccccc2=C1.C[Si]C.Cl.Cl.[Hf]. The number of rotatable bonds is 2. The van der Waals surface area contributed by atoms with Crippen molar-refractivity contribution in [1.29, 1.82) is 0 Å². The van der Waals surface area contributed by atoms with Gasteiger partial charge in [0.2, 0.25) is 0 Å². The molecule has 0 heterocycles. The molecule has 0 N–H and O–H groups in total. The molecule has 4 heteroatoms. The molecule has 2 atom stereocenters. The smallest absolute Gasteiger partial charge is 0.0307 e. The minimum absolute atomic E-state index is 0. The van der Waals surface area contributed by atoms with Crippen molar-refractivity contribution in [3.8, 4) is 0 Å². The van der Waals surface area contributed by atoms with Gasteiger partial charge in [0.05, 0.1) is 0 Å². The Morgan fingerprint density at radius 2 is 0.783 bits per heavy atom. The summed E-state index contributed by atoms with van der Waals surface area (Å²) in [5.41, 5.74) is 2.35. The summed E-state index contributed by atoms with van der Waals surface area (Å²) < 4.78 is 0. The van der Waals surface area contributed by atoms with Crippen LogP contribution in [-0.2, 0) is 36.7 Å². The summed E-state index contributed by atoms with van der Waals surface area (Å²) in [5, 5.41) is 10.2. The van der Waals surface area contributed by atoms with Crippen LogP contribution in [0.4, 0.5) is 0 Å². The fourth-order valence-corrected chi connectivity index (χ4v) is 6.37. The van der Waals surface area contributed by atoms with Crippen LogP contribution in [0.25, 0.3) is 45.8 Å². The average Bonchev–Trinajstić information content (AvgIpc) is 3.58. The molecule has 2 aliphatic rings. The first kappa shape index (κ1) is 37.4. The first-order valence-corrected chi connectivity index (χ1v) is 17.0. The molecule has 0 saturated heterocycles. The normalized spacial score (nSPS) is 18.0. The first-order chi connectivity index (χ1) is 20.9. The third-order valence-corrected chi connectivity index (χ3v) is 8.30. The Bertz CT molecular complexity index is 1950. The second-order valence-corrected chi connectivity index (χ2v) is 12.7. The Hall–Kier alpha value is -3.01. The minimum atomic E-state index is -0.148. The van der Waals surface area contributed by atoms with Crippen LogP contribution in [0.5, 0.6) is 0 Å². The molecular formula is C42H38Cl2HfSi-2. The summed E-state index contributed by atoms with van der Waals surface area (Å²) in [6.07, 6.45) is 12.0. The van der Waals surface area contributed by atoms with Crippen molar-refractivity contribution in [2.24, 2.45) is 0 Å². The molecule has 0 aromatic heterocycles. The monoisotopic (exact) mass is 820 g/mol. The van der Waals surface area contributed by atoms with Crippen LogP contribution in [0.1, 0.15) is 25.0 Å². The van der Waals surface area contributed by atoms with Crippen LogP contribution < -0.4 is 20.9 Å². The maximum Gasteiger partial charge on any atom is 0.0307 e. The van der Waals surface area contributed by atoms with E-state index in [2.05, 4.69) is 185 Å². The van der Waals surface area contributed by atoms with Gasteiger partial charge < -0.3 is 0 Å². The Morgan fingerprint density at radius 1 is 0.457 bits per heavy atom. The van der Waals surface area contributed by atoms with E-state index in [1.165, 1.54) is 53.5 Å². The molecule has 46 heavy (non-hydrogen) atoms. The van der Waals surface area contributed by atoms with Gasteiger partial charge in [-0.15, -0.1) is 71.7 Å². The van der Waals surface area contributed by atoms with Crippen molar-refractivity contribution in [2.75, 3.05) is 0 Å². The third-order valence-electron chi connectivity index (χ3n) is 8.30. The van der Waals surface area contributed by atoms with Gasteiger partial charge >= 0.3 is 0 Å². The maximum absolute atomic E-state index is 3.66. The van der Waals surface area contributed by atoms with Gasteiger partial charge in [0.15, 0.2) is 0 Å². The van der Waals surface area contributed by atoms with Crippen molar-refractivity contribution in [3.63, 3.8) is 0 Å². The molecule has 0 aliphatic heterocycles. The molecule has 6 aromatic rings. The molecule has 0 nitrogen and oxygen atoms in total. The topological polar surface area (TPSA) is 0 Å². The number of hydrogen-bond acceptors (Lipinski definition) is 0. The standard InChI is InChI=1S/2C20H15.C2H6Si.2ClH.Hf/c2*1-20(13-16-8-2-3-9-17(16)14-20)19-12-6-10-15-7-4-5-11-18(15)19;1-3-2;;;/h2*2-13H,1H3;1-2H3;2*1H;/q2*-1;;;;. The quantitative estimate of drug-likeness (QED) is 0.122. The Morgan fingerprint density at radius 3 is 1.17 bits per heavy atom. The van der Waals surface area contributed by atoms with E-state index < -0.39 is 0 Å². The van der Waals surface area contributed by atoms with E-state index in [0.29, 0.717) is 0 Å². The number of fused-ring (bicyclic) bond motifs is 4. The maximum atomic E-state index is 3.66. The van der Waals surface area contributed by atoms with Gasteiger partial charge in [0, 0.05) is 35.4 Å². The van der Waals surface area contributed by atoms with Gasteiger partial charge in [-0.1, -0.05) is 124 Å². The van der Waals surface area contributed by atoms with Crippen molar-refractivity contribution in [1.82, 2.24) is 0 Å². The van der Waals surface area contributed by atoms with Crippen LogP contribution >= 0.6 is 24.8 Å². The van der Waals surface area contributed by atoms with Crippen molar-refractivity contribution in [2.45, 2.75) is 37.8 Å². The van der Waals surface area contributed by atoms with Crippen molar-refractivity contribution in [3.05, 3.63) is 165 Å². The van der Waals surface area contributed by atoms with Crippen LogP contribution in [0.2, 0.25) is 13.1 Å². The van der Waals surface area contributed by atoms with Gasteiger partial charge in [0.25, 0.3) is 0 Å². The van der Waals surface area contributed by atoms with E-state index in [1.54, 1.807) is 0 Å². The Balaban J connectivity index is 0.000000218. The predicted molar refractivity (Wildman–Crippen MR) is 202 cm³/mol. The first-order valence-electron chi connectivity index (χ1n) is 15.0. The summed E-state index contributed by atoms with van der Waals surface area (Å²) in [6, 6.07) is 47.2. The number of benzene rings is 6. The van der Waals surface area contributed by atoms with E-state index in [9.17, 15) is 0 Å². The Labute approximate surface area is 307 Å². The number of halogens is 2. The second-order valence-electron chi connectivity index (χ2n) is 11.7. The summed E-state index contributed by atoms with van der Waals surface area (Å²) in [6.45, 7) is 8.80. The summed E-state index contributed by atoms with van der Waals surface area (Å²) in [7, 11) is 1.08. The Kier molecular flexibility index (Phi) is 13.2.